The van der Waals surface area contributed by atoms with Crippen LogP contribution in [-0.2, 0) is 0 Å². The van der Waals surface area contributed by atoms with Gasteiger partial charge in [0.05, 0.1) is 5.52 Å². The lowest BCUT2D eigenvalue weighted by molar-refractivity contribution is 0.167. The van der Waals surface area contributed by atoms with Crippen LogP contribution >= 0.6 is 0 Å². The van der Waals surface area contributed by atoms with E-state index in [0.29, 0.717) is 12.1 Å². The van der Waals surface area contributed by atoms with Gasteiger partial charge in [0.25, 0.3) is 0 Å². The predicted octanol–water partition coefficient (Wildman–Crippen LogP) is 2.84. The van der Waals surface area contributed by atoms with E-state index in [9.17, 15) is 0 Å². The second kappa shape index (κ2) is 6.80. The highest BCUT2D eigenvalue weighted by atomic mass is 15.3. The quantitative estimate of drug-likeness (QED) is 0.823. The molecule has 0 aromatic carbocycles. The lowest BCUT2D eigenvalue weighted by Gasteiger charge is -2.32. The standard InChI is InChI=1S/C16H27N5/c1-5-13(4)20(12(2)3)11-9-18-16-15(17)14-8-6-7-10-21(14)19-16/h6-8,10,12-13H,5,9,11,17H2,1-4H3,(H,18,19). The smallest absolute Gasteiger partial charge is 0.172 e. The molecule has 2 aromatic heterocycles. The van der Waals surface area contributed by atoms with Crippen molar-refractivity contribution in [2.75, 3.05) is 24.1 Å². The van der Waals surface area contributed by atoms with Crippen LogP contribution in [0.2, 0.25) is 0 Å². The molecule has 0 radical (unpaired) electrons. The van der Waals surface area contributed by atoms with Gasteiger partial charge in [-0.1, -0.05) is 13.0 Å². The Balaban J connectivity index is 2.00. The van der Waals surface area contributed by atoms with E-state index in [-0.39, 0.29) is 0 Å². The van der Waals surface area contributed by atoms with Crippen molar-refractivity contribution in [1.82, 2.24) is 14.5 Å². The maximum absolute atomic E-state index is 6.14. The van der Waals surface area contributed by atoms with Gasteiger partial charge in [-0.05, 0) is 39.3 Å². The Morgan fingerprint density at radius 3 is 2.71 bits per heavy atom. The molecular weight excluding hydrogens is 262 g/mol. The zero-order valence-corrected chi connectivity index (χ0v) is 13.5. The Labute approximate surface area is 127 Å². The van der Waals surface area contributed by atoms with E-state index in [4.69, 9.17) is 5.73 Å². The summed E-state index contributed by atoms with van der Waals surface area (Å²) in [5.74, 6) is 0.772. The zero-order valence-electron chi connectivity index (χ0n) is 13.5. The summed E-state index contributed by atoms with van der Waals surface area (Å²) in [6.45, 7) is 10.8. The van der Waals surface area contributed by atoms with Crippen LogP contribution in [0.1, 0.15) is 34.1 Å². The van der Waals surface area contributed by atoms with Crippen molar-refractivity contribution in [2.24, 2.45) is 0 Å². The second-order valence-electron chi connectivity index (χ2n) is 5.81. The number of nitrogens with one attached hydrogen (secondary N) is 1. The number of aromatic nitrogens is 2. The molecule has 0 aliphatic carbocycles. The zero-order chi connectivity index (χ0) is 15.4. The highest BCUT2D eigenvalue weighted by Gasteiger charge is 2.15. The van der Waals surface area contributed by atoms with E-state index in [1.807, 2.05) is 28.9 Å². The van der Waals surface area contributed by atoms with Crippen molar-refractivity contribution < 1.29 is 0 Å². The summed E-state index contributed by atoms with van der Waals surface area (Å²) in [6, 6.07) is 7.03. The van der Waals surface area contributed by atoms with Crippen LogP contribution in [0.3, 0.4) is 0 Å². The summed E-state index contributed by atoms with van der Waals surface area (Å²) in [5.41, 5.74) is 7.81. The van der Waals surface area contributed by atoms with Crippen LogP contribution in [0.15, 0.2) is 24.4 Å². The summed E-state index contributed by atoms with van der Waals surface area (Å²) < 4.78 is 1.81. The van der Waals surface area contributed by atoms with Gasteiger partial charge < -0.3 is 11.1 Å². The van der Waals surface area contributed by atoms with Gasteiger partial charge in [0.2, 0.25) is 0 Å². The molecule has 0 saturated carbocycles. The van der Waals surface area contributed by atoms with Crippen molar-refractivity contribution in [3.63, 3.8) is 0 Å². The van der Waals surface area contributed by atoms with Gasteiger partial charge in [0.15, 0.2) is 5.82 Å². The minimum absolute atomic E-state index is 0.542. The second-order valence-corrected chi connectivity index (χ2v) is 5.81. The SMILES string of the molecule is CCC(C)N(CCNc1nn2ccccc2c1N)C(C)C. The first-order valence-electron chi connectivity index (χ1n) is 7.77. The van der Waals surface area contributed by atoms with Crippen LogP contribution < -0.4 is 11.1 Å². The third-order valence-corrected chi connectivity index (χ3v) is 4.06. The first-order valence-corrected chi connectivity index (χ1v) is 7.77. The van der Waals surface area contributed by atoms with Crippen molar-refractivity contribution in [3.8, 4) is 0 Å². The minimum atomic E-state index is 0.542. The van der Waals surface area contributed by atoms with E-state index in [2.05, 4.69) is 43.0 Å². The van der Waals surface area contributed by atoms with Crippen molar-refractivity contribution in [3.05, 3.63) is 24.4 Å². The number of nitrogens with zero attached hydrogens (tertiary/aromatic N) is 3. The van der Waals surface area contributed by atoms with Crippen LogP contribution in [-0.4, -0.2) is 39.7 Å². The summed E-state index contributed by atoms with van der Waals surface area (Å²) in [4.78, 5) is 2.50. The Bertz CT molecular complexity index is 575. The maximum Gasteiger partial charge on any atom is 0.172 e. The molecule has 0 aliphatic heterocycles. The molecule has 0 fully saturated rings. The molecule has 0 bridgehead atoms. The van der Waals surface area contributed by atoms with Crippen molar-refractivity contribution in [1.29, 1.82) is 0 Å². The number of anilines is 2. The van der Waals surface area contributed by atoms with Gasteiger partial charge in [-0.15, -0.1) is 5.10 Å². The average molecular weight is 289 g/mol. The number of nitrogen functional groups attached to an aromatic ring is 1. The van der Waals surface area contributed by atoms with Crippen molar-refractivity contribution >= 4 is 17.0 Å². The van der Waals surface area contributed by atoms with E-state index < -0.39 is 0 Å². The van der Waals surface area contributed by atoms with Gasteiger partial charge in [0.1, 0.15) is 5.69 Å². The molecule has 5 heteroatoms. The number of nitrogens with two attached hydrogens (primary N) is 1. The van der Waals surface area contributed by atoms with E-state index in [0.717, 1.165) is 36.5 Å². The van der Waals surface area contributed by atoms with Gasteiger partial charge >= 0.3 is 0 Å². The summed E-state index contributed by atoms with van der Waals surface area (Å²) in [7, 11) is 0. The molecule has 0 saturated heterocycles. The maximum atomic E-state index is 6.14. The highest BCUT2D eigenvalue weighted by Crippen LogP contribution is 2.22. The number of hydrogen-bond donors (Lipinski definition) is 2. The Morgan fingerprint density at radius 2 is 2.10 bits per heavy atom. The molecule has 0 amide bonds. The van der Waals surface area contributed by atoms with E-state index in [1.54, 1.807) is 0 Å². The molecule has 0 aliphatic rings. The fourth-order valence-electron chi connectivity index (χ4n) is 2.67. The Kier molecular flexibility index (Phi) is 5.07. The van der Waals surface area contributed by atoms with Gasteiger partial charge in [-0.3, -0.25) is 4.90 Å². The third kappa shape index (κ3) is 3.47. The molecule has 1 unspecified atom stereocenters. The number of hydrogen-bond acceptors (Lipinski definition) is 4. The molecule has 2 heterocycles. The fraction of sp³-hybridized carbons (Fsp3) is 0.562. The largest absolute Gasteiger partial charge is 0.394 e. The summed E-state index contributed by atoms with van der Waals surface area (Å²) >= 11 is 0. The molecule has 1 atom stereocenters. The van der Waals surface area contributed by atoms with Crippen LogP contribution in [0.25, 0.3) is 5.52 Å². The summed E-state index contributed by atoms with van der Waals surface area (Å²) in [5, 5.41) is 7.85. The van der Waals surface area contributed by atoms with Crippen LogP contribution in [0.4, 0.5) is 11.5 Å². The van der Waals surface area contributed by atoms with Crippen LogP contribution in [0.5, 0.6) is 0 Å². The van der Waals surface area contributed by atoms with Crippen molar-refractivity contribution in [2.45, 2.75) is 46.2 Å². The first kappa shape index (κ1) is 15.6. The van der Waals surface area contributed by atoms with E-state index >= 15 is 0 Å². The number of fused-ring (bicyclic) bond motifs is 1. The molecule has 5 nitrogen and oxygen atoms in total. The fourth-order valence-corrected chi connectivity index (χ4v) is 2.67. The van der Waals surface area contributed by atoms with Gasteiger partial charge in [-0.2, -0.15) is 0 Å². The lowest BCUT2D eigenvalue weighted by Crippen LogP contribution is -2.41. The average Bonchev–Trinajstić information content (AvgIpc) is 2.79. The van der Waals surface area contributed by atoms with Gasteiger partial charge in [-0.25, -0.2) is 4.52 Å². The molecule has 2 rings (SSSR count). The molecule has 21 heavy (non-hydrogen) atoms. The molecule has 2 aromatic rings. The Hall–Kier alpha value is -1.75. The molecule has 116 valence electrons. The molecule has 0 spiro atoms. The lowest BCUT2D eigenvalue weighted by atomic mass is 10.2. The van der Waals surface area contributed by atoms with Crippen LogP contribution in [0, 0.1) is 0 Å². The molecular formula is C16H27N5. The predicted molar refractivity (Wildman–Crippen MR) is 89.7 cm³/mol. The highest BCUT2D eigenvalue weighted by molar-refractivity contribution is 5.80. The number of rotatable bonds is 7. The molecule has 3 N–H and O–H groups in total. The first-order chi connectivity index (χ1) is 10.0. The third-order valence-electron chi connectivity index (χ3n) is 4.06. The normalized spacial score (nSPS) is 13.2. The number of pyridine rings is 1. The Morgan fingerprint density at radius 1 is 1.33 bits per heavy atom. The monoisotopic (exact) mass is 289 g/mol. The van der Waals surface area contributed by atoms with Gasteiger partial charge in [0, 0.05) is 31.4 Å². The van der Waals surface area contributed by atoms with E-state index in [1.165, 1.54) is 0 Å². The topological polar surface area (TPSA) is 58.6 Å². The minimum Gasteiger partial charge on any atom is -0.394 e. The summed E-state index contributed by atoms with van der Waals surface area (Å²) in [6.07, 6.45) is 3.07.